The fourth-order valence-corrected chi connectivity index (χ4v) is 2.57. The third kappa shape index (κ3) is 4.55. The maximum atomic E-state index is 12.7. The summed E-state index contributed by atoms with van der Waals surface area (Å²) < 4.78 is 0. The molecule has 1 heterocycles. The van der Waals surface area contributed by atoms with E-state index in [1.807, 2.05) is 32.8 Å². The Bertz CT molecular complexity index is 675. The summed E-state index contributed by atoms with van der Waals surface area (Å²) >= 11 is 0. The highest BCUT2D eigenvalue weighted by Gasteiger charge is 2.23. The van der Waals surface area contributed by atoms with Crippen molar-refractivity contribution in [2.24, 2.45) is 0 Å². The summed E-state index contributed by atoms with van der Waals surface area (Å²) in [6.45, 7) is 6.15. The quantitative estimate of drug-likeness (QED) is 0.922. The molecular weight excluding hydrogens is 286 g/mol. The van der Waals surface area contributed by atoms with Crippen LogP contribution in [0.5, 0.6) is 0 Å². The van der Waals surface area contributed by atoms with E-state index in [0.29, 0.717) is 11.4 Å². The Labute approximate surface area is 138 Å². The van der Waals surface area contributed by atoms with Gasteiger partial charge in [-0.25, -0.2) is 4.98 Å². The molecule has 0 bridgehead atoms. The Balaban J connectivity index is 2.13. The standard InChI is InChI=1S/C19H25N3O/c1-14-8-10-15(11-9-14)13-19(2,3)21-18(23)16-7-6-12-20-17(16)22(4)5/h6-12H,13H2,1-5H3,(H,21,23). The number of hydrogen-bond acceptors (Lipinski definition) is 3. The summed E-state index contributed by atoms with van der Waals surface area (Å²) in [4.78, 5) is 18.8. The predicted octanol–water partition coefficient (Wildman–Crippen LogP) is 3.21. The summed E-state index contributed by atoms with van der Waals surface area (Å²) in [5.41, 5.74) is 2.70. The van der Waals surface area contributed by atoms with Crippen LogP contribution in [-0.4, -0.2) is 30.5 Å². The Morgan fingerprint density at radius 3 is 2.43 bits per heavy atom. The van der Waals surface area contributed by atoms with Crippen molar-refractivity contribution in [1.29, 1.82) is 0 Å². The Hall–Kier alpha value is -2.36. The second-order valence-electron chi connectivity index (χ2n) is 6.77. The van der Waals surface area contributed by atoms with E-state index >= 15 is 0 Å². The lowest BCUT2D eigenvalue weighted by atomic mass is 9.94. The van der Waals surface area contributed by atoms with Crippen molar-refractivity contribution in [3.05, 3.63) is 59.3 Å². The zero-order chi connectivity index (χ0) is 17.0. The van der Waals surface area contributed by atoms with Gasteiger partial charge < -0.3 is 10.2 Å². The van der Waals surface area contributed by atoms with Crippen molar-refractivity contribution >= 4 is 11.7 Å². The number of nitrogens with zero attached hydrogens (tertiary/aromatic N) is 2. The Kier molecular flexibility index (Phi) is 5.04. The lowest BCUT2D eigenvalue weighted by Crippen LogP contribution is -2.45. The van der Waals surface area contributed by atoms with Crippen molar-refractivity contribution in [2.75, 3.05) is 19.0 Å². The topological polar surface area (TPSA) is 45.2 Å². The molecule has 0 atom stereocenters. The number of rotatable bonds is 5. The van der Waals surface area contributed by atoms with Crippen molar-refractivity contribution < 1.29 is 4.79 Å². The van der Waals surface area contributed by atoms with Crippen LogP contribution < -0.4 is 10.2 Å². The van der Waals surface area contributed by atoms with Gasteiger partial charge in [0.15, 0.2) is 0 Å². The lowest BCUT2D eigenvalue weighted by molar-refractivity contribution is 0.0913. The number of pyridine rings is 1. The molecule has 0 saturated heterocycles. The molecule has 0 spiro atoms. The van der Waals surface area contributed by atoms with Gasteiger partial charge in [-0.15, -0.1) is 0 Å². The number of nitrogens with one attached hydrogen (secondary N) is 1. The van der Waals surface area contributed by atoms with E-state index in [1.54, 1.807) is 18.3 Å². The van der Waals surface area contributed by atoms with Gasteiger partial charge in [-0.1, -0.05) is 29.8 Å². The Morgan fingerprint density at radius 2 is 1.83 bits per heavy atom. The summed E-state index contributed by atoms with van der Waals surface area (Å²) in [6, 6.07) is 12.0. The molecule has 23 heavy (non-hydrogen) atoms. The molecule has 1 amide bonds. The van der Waals surface area contributed by atoms with Crippen LogP contribution in [0.25, 0.3) is 0 Å². The monoisotopic (exact) mass is 311 g/mol. The molecular formula is C19H25N3O. The first-order valence-corrected chi connectivity index (χ1v) is 7.79. The molecule has 0 radical (unpaired) electrons. The number of aryl methyl sites for hydroxylation is 1. The molecule has 4 nitrogen and oxygen atoms in total. The van der Waals surface area contributed by atoms with Gasteiger partial charge in [0.2, 0.25) is 0 Å². The lowest BCUT2D eigenvalue weighted by Gasteiger charge is -2.27. The van der Waals surface area contributed by atoms with Crippen molar-refractivity contribution in [3.8, 4) is 0 Å². The van der Waals surface area contributed by atoms with Crippen LogP contribution >= 0.6 is 0 Å². The molecule has 2 rings (SSSR count). The molecule has 1 N–H and O–H groups in total. The fraction of sp³-hybridized carbons (Fsp3) is 0.368. The van der Waals surface area contributed by atoms with Crippen LogP contribution in [0.3, 0.4) is 0 Å². The molecule has 4 heteroatoms. The van der Waals surface area contributed by atoms with Crippen molar-refractivity contribution in [2.45, 2.75) is 32.7 Å². The van der Waals surface area contributed by atoms with E-state index in [1.165, 1.54) is 11.1 Å². The molecule has 122 valence electrons. The van der Waals surface area contributed by atoms with Crippen molar-refractivity contribution in [3.63, 3.8) is 0 Å². The van der Waals surface area contributed by atoms with Crippen molar-refractivity contribution in [1.82, 2.24) is 10.3 Å². The summed E-state index contributed by atoms with van der Waals surface area (Å²) in [5.74, 6) is 0.579. The van der Waals surface area contributed by atoms with Crippen LogP contribution in [0.15, 0.2) is 42.6 Å². The molecule has 1 aromatic carbocycles. The third-order valence-corrected chi connectivity index (χ3v) is 3.67. The fourth-order valence-electron chi connectivity index (χ4n) is 2.57. The van der Waals surface area contributed by atoms with Gasteiger partial charge in [0, 0.05) is 25.8 Å². The number of anilines is 1. The molecule has 0 aliphatic carbocycles. The van der Waals surface area contributed by atoms with Gasteiger partial charge in [0.25, 0.3) is 5.91 Å². The minimum atomic E-state index is -0.342. The minimum Gasteiger partial charge on any atom is -0.362 e. The average Bonchev–Trinajstić information content (AvgIpc) is 2.49. The molecule has 0 unspecified atom stereocenters. The van der Waals surface area contributed by atoms with Crippen LogP contribution in [0.2, 0.25) is 0 Å². The van der Waals surface area contributed by atoms with Gasteiger partial charge in [0.1, 0.15) is 5.82 Å². The van der Waals surface area contributed by atoms with E-state index in [4.69, 9.17) is 0 Å². The number of carbonyl (C=O) groups is 1. The maximum Gasteiger partial charge on any atom is 0.255 e. The second-order valence-corrected chi connectivity index (χ2v) is 6.77. The van der Waals surface area contributed by atoms with Crippen LogP contribution in [0, 0.1) is 6.92 Å². The van der Waals surface area contributed by atoms with Gasteiger partial charge in [-0.2, -0.15) is 0 Å². The molecule has 2 aromatic rings. The van der Waals surface area contributed by atoms with Crippen LogP contribution in [0.1, 0.15) is 35.3 Å². The molecule has 0 aliphatic heterocycles. The van der Waals surface area contributed by atoms with Crippen LogP contribution in [-0.2, 0) is 6.42 Å². The summed E-state index contributed by atoms with van der Waals surface area (Å²) in [5, 5.41) is 3.13. The Morgan fingerprint density at radius 1 is 1.17 bits per heavy atom. The van der Waals surface area contributed by atoms with Gasteiger partial charge in [0.05, 0.1) is 5.56 Å². The molecule has 1 aromatic heterocycles. The number of carbonyl (C=O) groups excluding carboxylic acids is 1. The number of aromatic nitrogens is 1. The third-order valence-electron chi connectivity index (χ3n) is 3.67. The minimum absolute atomic E-state index is 0.0982. The highest BCUT2D eigenvalue weighted by atomic mass is 16.1. The van der Waals surface area contributed by atoms with Gasteiger partial charge in [-0.3, -0.25) is 4.79 Å². The average molecular weight is 311 g/mol. The SMILES string of the molecule is Cc1ccc(CC(C)(C)NC(=O)c2cccnc2N(C)C)cc1. The normalized spacial score (nSPS) is 11.2. The van der Waals surface area contributed by atoms with Gasteiger partial charge >= 0.3 is 0 Å². The van der Waals surface area contributed by atoms with E-state index in [2.05, 4.69) is 41.5 Å². The number of amides is 1. The van der Waals surface area contributed by atoms with E-state index < -0.39 is 0 Å². The molecule has 0 fully saturated rings. The molecule has 0 aliphatic rings. The smallest absolute Gasteiger partial charge is 0.255 e. The van der Waals surface area contributed by atoms with E-state index in [0.717, 1.165) is 6.42 Å². The van der Waals surface area contributed by atoms with Gasteiger partial charge in [-0.05, 0) is 44.9 Å². The summed E-state index contributed by atoms with van der Waals surface area (Å²) in [7, 11) is 3.77. The van der Waals surface area contributed by atoms with Crippen LogP contribution in [0.4, 0.5) is 5.82 Å². The largest absolute Gasteiger partial charge is 0.362 e. The highest BCUT2D eigenvalue weighted by Crippen LogP contribution is 2.18. The maximum absolute atomic E-state index is 12.7. The number of hydrogen-bond donors (Lipinski definition) is 1. The first kappa shape index (κ1) is 17.0. The molecule has 0 saturated carbocycles. The second kappa shape index (κ2) is 6.82. The highest BCUT2D eigenvalue weighted by molar-refractivity contribution is 5.99. The zero-order valence-electron chi connectivity index (χ0n) is 14.6. The predicted molar refractivity (Wildman–Crippen MR) is 95.0 cm³/mol. The van der Waals surface area contributed by atoms with E-state index in [9.17, 15) is 4.79 Å². The first-order chi connectivity index (χ1) is 10.8. The van der Waals surface area contributed by atoms with E-state index in [-0.39, 0.29) is 11.4 Å². The first-order valence-electron chi connectivity index (χ1n) is 7.79. The zero-order valence-corrected chi connectivity index (χ0v) is 14.6. The summed E-state index contributed by atoms with van der Waals surface area (Å²) in [6.07, 6.45) is 2.47. The number of benzene rings is 1.